The molecule has 0 bridgehead atoms. The Morgan fingerprint density at radius 1 is 0.973 bits per heavy atom. The van der Waals surface area contributed by atoms with Gasteiger partial charge in [-0.3, -0.25) is 0 Å². The van der Waals surface area contributed by atoms with Gasteiger partial charge in [0, 0.05) is 28.7 Å². The highest BCUT2D eigenvalue weighted by Crippen LogP contribution is 2.40. The number of methoxy groups -OCH3 is 1. The number of aliphatic hydroxyl groups excluding tert-OH is 6. The van der Waals surface area contributed by atoms with Crippen molar-refractivity contribution in [2.24, 2.45) is 0 Å². The first-order chi connectivity index (χ1) is 17.8. The highest BCUT2D eigenvalue weighted by atomic mass is 16.7. The molecule has 0 amide bonds. The van der Waals surface area contributed by atoms with Crippen molar-refractivity contribution in [3.8, 4) is 22.8 Å². The molecule has 0 radical (unpaired) electrons. The minimum absolute atomic E-state index is 0.0512. The van der Waals surface area contributed by atoms with Crippen molar-refractivity contribution < 1.29 is 54.4 Å². The van der Waals surface area contributed by atoms with Crippen molar-refractivity contribution in [2.75, 3.05) is 20.3 Å². The number of phenols is 1. The average Bonchev–Trinajstić information content (AvgIpc) is 3.28. The summed E-state index contributed by atoms with van der Waals surface area (Å²) in [6, 6.07) is 8.40. The van der Waals surface area contributed by atoms with E-state index in [1.807, 2.05) is 12.1 Å². The van der Waals surface area contributed by atoms with Gasteiger partial charge < -0.3 is 54.4 Å². The Bertz CT molecular complexity index is 1200. The molecule has 0 spiro atoms. The zero-order valence-electron chi connectivity index (χ0n) is 20.3. The molecule has 2 heterocycles. The molecular formula is C26H32O11. The van der Waals surface area contributed by atoms with Crippen LogP contribution in [0.2, 0.25) is 0 Å². The number of aryl methyl sites for hydroxylation is 1. The molecule has 1 aliphatic rings. The van der Waals surface area contributed by atoms with E-state index in [4.69, 9.17) is 23.7 Å². The molecule has 0 unspecified atom stereocenters. The molecule has 1 fully saturated rings. The highest BCUT2D eigenvalue weighted by Gasteiger charge is 2.44. The second kappa shape index (κ2) is 11.8. The molecule has 1 aromatic heterocycles. The third kappa shape index (κ3) is 5.44. The van der Waals surface area contributed by atoms with Gasteiger partial charge in [0.2, 0.25) is 0 Å². The average molecular weight is 521 g/mol. The Morgan fingerprint density at radius 2 is 1.76 bits per heavy atom. The number of ether oxygens (including phenoxy) is 3. The predicted molar refractivity (Wildman–Crippen MR) is 130 cm³/mol. The van der Waals surface area contributed by atoms with E-state index >= 15 is 0 Å². The molecule has 2 aromatic carbocycles. The Morgan fingerprint density at radius 3 is 2.41 bits per heavy atom. The van der Waals surface area contributed by atoms with E-state index in [1.54, 1.807) is 12.1 Å². The van der Waals surface area contributed by atoms with E-state index in [0.717, 1.165) is 5.56 Å². The largest absolute Gasteiger partial charge is 0.508 e. The zero-order chi connectivity index (χ0) is 26.7. The summed E-state index contributed by atoms with van der Waals surface area (Å²) in [5.74, 6) is 0.689. The summed E-state index contributed by atoms with van der Waals surface area (Å²) in [5.41, 5.74) is 2.72. The normalized spacial score (nSPS) is 24.0. The summed E-state index contributed by atoms with van der Waals surface area (Å²) in [6.45, 7) is -1.06. The van der Waals surface area contributed by atoms with E-state index in [9.17, 15) is 30.6 Å². The van der Waals surface area contributed by atoms with Crippen LogP contribution in [0.4, 0.5) is 0 Å². The quantitative estimate of drug-likeness (QED) is 0.198. The number of furan rings is 1. The predicted octanol–water partition coefficient (Wildman–Crippen LogP) is 0.548. The Labute approximate surface area is 212 Å². The first kappa shape index (κ1) is 27.3. The lowest BCUT2D eigenvalue weighted by atomic mass is 9.99. The summed E-state index contributed by atoms with van der Waals surface area (Å²) in [4.78, 5) is 0. The van der Waals surface area contributed by atoms with Crippen LogP contribution in [0.5, 0.6) is 11.5 Å². The van der Waals surface area contributed by atoms with Crippen LogP contribution in [-0.4, -0.2) is 86.8 Å². The zero-order valence-corrected chi connectivity index (χ0v) is 20.3. The third-order valence-electron chi connectivity index (χ3n) is 6.52. The second-order valence-electron chi connectivity index (χ2n) is 8.92. The van der Waals surface area contributed by atoms with Gasteiger partial charge in [-0.2, -0.15) is 0 Å². The van der Waals surface area contributed by atoms with E-state index in [2.05, 4.69) is 0 Å². The lowest BCUT2D eigenvalue weighted by molar-refractivity contribution is -0.304. The summed E-state index contributed by atoms with van der Waals surface area (Å²) < 4.78 is 22.4. The van der Waals surface area contributed by atoms with Crippen LogP contribution in [0.1, 0.15) is 23.1 Å². The minimum Gasteiger partial charge on any atom is -0.508 e. The molecule has 5 atom stereocenters. The van der Waals surface area contributed by atoms with Gasteiger partial charge >= 0.3 is 0 Å². The first-order valence-electron chi connectivity index (χ1n) is 11.9. The molecule has 11 heteroatoms. The topological polar surface area (TPSA) is 182 Å². The molecular weight excluding hydrogens is 488 g/mol. The summed E-state index contributed by atoms with van der Waals surface area (Å²) in [6.07, 6.45) is -5.87. The van der Waals surface area contributed by atoms with Crippen molar-refractivity contribution in [1.29, 1.82) is 0 Å². The van der Waals surface area contributed by atoms with Crippen LogP contribution in [-0.2, 0) is 29.1 Å². The second-order valence-corrected chi connectivity index (χ2v) is 8.92. The van der Waals surface area contributed by atoms with Gasteiger partial charge in [0.05, 0.1) is 26.9 Å². The lowest BCUT2D eigenvalue weighted by Crippen LogP contribution is -2.59. The fourth-order valence-corrected chi connectivity index (χ4v) is 4.45. The molecule has 0 aliphatic carbocycles. The van der Waals surface area contributed by atoms with Crippen molar-refractivity contribution in [1.82, 2.24) is 0 Å². The molecule has 11 nitrogen and oxygen atoms in total. The summed E-state index contributed by atoms with van der Waals surface area (Å²) >= 11 is 0. The van der Waals surface area contributed by atoms with Crippen molar-refractivity contribution in [3.05, 3.63) is 47.0 Å². The van der Waals surface area contributed by atoms with Gasteiger partial charge in [-0.1, -0.05) is 12.1 Å². The number of rotatable bonds is 10. The van der Waals surface area contributed by atoms with Gasteiger partial charge in [0.1, 0.15) is 35.9 Å². The number of benzene rings is 2. The fourth-order valence-electron chi connectivity index (χ4n) is 4.45. The van der Waals surface area contributed by atoms with Crippen LogP contribution < -0.4 is 4.74 Å². The number of hydrogen-bond donors (Lipinski definition) is 7. The summed E-state index contributed by atoms with van der Waals surface area (Å²) in [5, 5.41) is 69.9. The van der Waals surface area contributed by atoms with Gasteiger partial charge in [-0.25, -0.2) is 0 Å². The molecule has 3 aromatic rings. The van der Waals surface area contributed by atoms with Crippen LogP contribution in [0.25, 0.3) is 22.3 Å². The van der Waals surface area contributed by atoms with Crippen LogP contribution in [0.15, 0.2) is 34.7 Å². The van der Waals surface area contributed by atoms with Crippen molar-refractivity contribution in [3.63, 3.8) is 0 Å². The molecule has 1 saturated heterocycles. The van der Waals surface area contributed by atoms with Crippen LogP contribution in [0.3, 0.4) is 0 Å². The van der Waals surface area contributed by atoms with Crippen LogP contribution in [0, 0.1) is 0 Å². The summed E-state index contributed by atoms with van der Waals surface area (Å²) in [7, 11) is 1.52. The van der Waals surface area contributed by atoms with E-state index in [-0.39, 0.29) is 25.6 Å². The maximum Gasteiger partial charge on any atom is 0.187 e. The van der Waals surface area contributed by atoms with Gasteiger partial charge in [-0.05, 0) is 36.6 Å². The molecule has 37 heavy (non-hydrogen) atoms. The molecule has 4 rings (SSSR count). The maximum absolute atomic E-state index is 10.7. The Kier molecular flexibility index (Phi) is 8.67. The van der Waals surface area contributed by atoms with E-state index in [0.29, 0.717) is 52.0 Å². The standard InChI is InChI=1S/C26H32O11/c1-34-19-8-13(3-2-6-27)7-16-17(10-28)24(37-25(16)19)14-4-5-15(18(30)9-14)12-35-26-23(33)22(32)21(31)20(11-29)36-26/h4-5,7-9,20-23,26-33H,2-3,6,10-12H2,1H3/t20-,21-,22+,23-,26-/m1/s1. The van der Waals surface area contributed by atoms with E-state index < -0.39 is 37.3 Å². The number of phenolic OH excluding ortho intramolecular Hbond substituents is 1. The van der Waals surface area contributed by atoms with Gasteiger partial charge in [0.25, 0.3) is 0 Å². The van der Waals surface area contributed by atoms with Crippen molar-refractivity contribution in [2.45, 2.75) is 56.8 Å². The number of hydrogen-bond acceptors (Lipinski definition) is 11. The molecule has 0 saturated carbocycles. The Balaban J connectivity index is 1.58. The SMILES string of the molecule is COc1cc(CCCO)cc2c(CO)c(-c3ccc(CO[C@@H]4O[C@H](CO)[C@@H](O)[C@H](O)[C@H]4O)c(O)c3)oc12. The molecule has 7 N–H and O–H groups in total. The Hall–Kier alpha value is -2.74. The lowest BCUT2D eigenvalue weighted by Gasteiger charge is -2.39. The number of aromatic hydroxyl groups is 1. The fraction of sp³-hybridized carbons (Fsp3) is 0.462. The van der Waals surface area contributed by atoms with Gasteiger partial charge in [-0.15, -0.1) is 0 Å². The van der Waals surface area contributed by atoms with Crippen molar-refractivity contribution >= 4 is 11.0 Å². The minimum atomic E-state index is -1.57. The maximum atomic E-state index is 10.7. The smallest absolute Gasteiger partial charge is 0.187 e. The third-order valence-corrected chi connectivity index (χ3v) is 6.52. The highest BCUT2D eigenvalue weighted by molar-refractivity contribution is 5.92. The molecule has 1 aliphatic heterocycles. The van der Waals surface area contributed by atoms with Crippen LogP contribution >= 0.6 is 0 Å². The van der Waals surface area contributed by atoms with Gasteiger partial charge in [0.15, 0.2) is 17.6 Å². The van der Waals surface area contributed by atoms with E-state index in [1.165, 1.54) is 13.2 Å². The first-order valence-corrected chi connectivity index (χ1v) is 11.9. The number of fused-ring (bicyclic) bond motifs is 1. The molecule has 202 valence electrons. The number of aliphatic hydroxyl groups is 6. The monoisotopic (exact) mass is 520 g/mol.